The number of hydrogen-bond donors (Lipinski definition) is 1. The smallest absolute Gasteiger partial charge is 0.236 e. The fourth-order valence-corrected chi connectivity index (χ4v) is 3.12. The number of nitrogens with one attached hydrogen (secondary N) is 1. The third-order valence-corrected chi connectivity index (χ3v) is 4.23. The van der Waals surface area contributed by atoms with E-state index in [-0.39, 0.29) is 5.91 Å². The quantitative estimate of drug-likeness (QED) is 0.914. The molecule has 0 unspecified atom stereocenters. The van der Waals surface area contributed by atoms with Gasteiger partial charge in [0.1, 0.15) is 5.82 Å². The third kappa shape index (κ3) is 3.26. The van der Waals surface area contributed by atoms with Gasteiger partial charge in [0.15, 0.2) is 5.82 Å². The van der Waals surface area contributed by atoms with Crippen LogP contribution in [0, 0.1) is 13.8 Å². The first-order valence-electron chi connectivity index (χ1n) is 6.81. The first kappa shape index (κ1) is 14.1. The number of nitrogens with zero attached hydrogens (tertiary/aromatic N) is 4. The highest BCUT2D eigenvalue weighted by molar-refractivity contribution is 7.99. The second kappa shape index (κ2) is 5.88. The summed E-state index contributed by atoms with van der Waals surface area (Å²) in [6.45, 7) is 5.07. The molecule has 0 aromatic carbocycles. The average molecular weight is 307 g/mol. The fourth-order valence-electron chi connectivity index (χ4n) is 2.37. The van der Waals surface area contributed by atoms with Crippen LogP contribution in [0.1, 0.15) is 28.9 Å². The van der Waals surface area contributed by atoms with Gasteiger partial charge in [-0.15, -0.1) is 11.8 Å². The number of fused-ring (bicyclic) bond motifs is 1. The normalized spacial score (nSPS) is 14.3. The van der Waals surface area contributed by atoms with E-state index in [1.807, 2.05) is 11.8 Å². The lowest BCUT2D eigenvalue weighted by Crippen LogP contribution is -2.37. The Morgan fingerprint density at radius 3 is 3.05 bits per heavy atom. The van der Waals surface area contributed by atoms with Crippen molar-refractivity contribution < 1.29 is 9.32 Å². The lowest BCUT2D eigenvalue weighted by molar-refractivity contribution is -0.129. The highest BCUT2D eigenvalue weighted by Gasteiger charge is 2.23. The SMILES string of the molecule is Cc1noc(CSCC(=O)N2CCc3nc(C)[nH]c3C2)n1. The second-order valence-electron chi connectivity index (χ2n) is 5.04. The highest BCUT2D eigenvalue weighted by atomic mass is 32.2. The van der Waals surface area contributed by atoms with Gasteiger partial charge < -0.3 is 14.4 Å². The summed E-state index contributed by atoms with van der Waals surface area (Å²) >= 11 is 1.49. The van der Waals surface area contributed by atoms with Gasteiger partial charge in [0.2, 0.25) is 11.8 Å². The Labute approximate surface area is 126 Å². The number of imidazole rings is 1. The summed E-state index contributed by atoms with van der Waals surface area (Å²) in [4.78, 5) is 25.8. The van der Waals surface area contributed by atoms with Gasteiger partial charge >= 0.3 is 0 Å². The van der Waals surface area contributed by atoms with E-state index in [0.717, 1.165) is 30.2 Å². The van der Waals surface area contributed by atoms with Gasteiger partial charge in [-0.3, -0.25) is 4.79 Å². The van der Waals surface area contributed by atoms with Crippen LogP contribution in [0.5, 0.6) is 0 Å². The molecule has 1 N–H and O–H groups in total. The van der Waals surface area contributed by atoms with Gasteiger partial charge in [-0.2, -0.15) is 4.98 Å². The van der Waals surface area contributed by atoms with E-state index >= 15 is 0 Å². The summed E-state index contributed by atoms with van der Waals surface area (Å²) in [5.41, 5.74) is 2.15. The van der Waals surface area contributed by atoms with Crippen LogP contribution in [0.25, 0.3) is 0 Å². The molecular formula is C13H17N5O2S. The molecule has 1 aliphatic heterocycles. The van der Waals surface area contributed by atoms with Crippen LogP contribution in [0.2, 0.25) is 0 Å². The minimum absolute atomic E-state index is 0.133. The van der Waals surface area contributed by atoms with Crippen LogP contribution in [-0.2, 0) is 23.5 Å². The average Bonchev–Trinajstić information content (AvgIpc) is 3.02. The number of rotatable bonds is 4. The molecule has 0 spiro atoms. The predicted octanol–water partition coefficient (Wildman–Crippen LogP) is 1.23. The minimum atomic E-state index is 0.133. The van der Waals surface area contributed by atoms with Gasteiger partial charge in [-0.25, -0.2) is 4.98 Å². The van der Waals surface area contributed by atoms with Crippen molar-refractivity contribution in [3.63, 3.8) is 0 Å². The maximum atomic E-state index is 12.2. The van der Waals surface area contributed by atoms with Gasteiger partial charge in [0.05, 0.1) is 29.4 Å². The number of carbonyl (C=O) groups is 1. The molecule has 112 valence electrons. The van der Waals surface area contributed by atoms with Crippen LogP contribution < -0.4 is 0 Å². The number of hydrogen-bond acceptors (Lipinski definition) is 6. The molecule has 0 aliphatic carbocycles. The maximum absolute atomic E-state index is 12.2. The van der Waals surface area contributed by atoms with E-state index < -0.39 is 0 Å². The molecular weight excluding hydrogens is 290 g/mol. The number of aromatic amines is 1. The second-order valence-corrected chi connectivity index (χ2v) is 6.03. The van der Waals surface area contributed by atoms with Crippen LogP contribution in [0.3, 0.4) is 0 Å². The van der Waals surface area contributed by atoms with Crippen LogP contribution in [0.15, 0.2) is 4.52 Å². The molecule has 0 radical (unpaired) electrons. The molecule has 1 aliphatic rings. The Bertz CT molecular complexity index is 651. The lowest BCUT2D eigenvalue weighted by atomic mass is 10.1. The minimum Gasteiger partial charge on any atom is -0.344 e. The lowest BCUT2D eigenvalue weighted by Gasteiger charge is -2.26. The zero-order valence-electron chi connectivity index (χ0n) is 12.0. The molecule has 0 atom stereocenters. The molecule has 8 heteroatoms. The molecule has 3 rings (SSSR count). The summed E-state index contributed by atoms with van der Waals surface area (Å²) in [5.74, 6) is 3.22. The van der Waals surface area contributed by atoms with E-state index in [1.54, 1.807) is 6.92 Å². The highest BCUT2D eigenvalue weighted by Crippen LogP contribution is 2.18. The maximum Gasteiger partial charge on any atom is 0.236 e. The number of carbonyl (C=O) groups excluding carboxylic acids is 1. The molecule has 0 saturated carbocycles. The van der Waals surface area contributed by atoms with Crippen molar-refractivity contribution in [2.75, 3.05) is 12.3 Å². The summed E-state index contributed by atoms with van der Waals surface area (Å²) in [5, 5.41) is 3.73. The Balaban J connectivity index is 1.50. The van der Waals surface area contributed by atoms with Crippen molar-refractivity contribution in [1.29, 1.82) is 0 Å². The Morgan fingerprint density at radius 2 is 2.29 bits per heavy atom. The monoisotopic (exact) mass is 307 g/mol. The largest absolute Gasteiger partial charge is 0.344 e. The van der Waals surface area contributed by atoms with Crippen molar-refractivity contribution in [3.05, 3.63) is 28.9 Å². The van der Waals surface area contributed by atoms with Gasteiger partial charge in [0.25, 0.3) is 0 Å². The number of thioether (sulfide) groups is 1. The molecule has 2 aromatic rings. The molecule has 1 amide bonds. The number of aromatic nitrogens is 4. The molecule has 2 aromatic heterocycles. The standard InChI is InChI=1S/C13H17N5O2S/c1-8-14-10-3-4-18(5-11(10)15-8)13(19)7-21-6-12-16-9(2)17-20-12/h3-7H2,1-2H3,(H,14,15). The van der Waals surface area contributed by atoms with Gasteiger partial charge in [-0.05, 0) is 13.8 Å². The van der Waals surface area contributed by atoms with E-state index in [9.17, 15) is 4.79 Å². The van der Waals surface area contributed by atoms with E-state index in [0.29, 0.717) is 29.8 Å². The fraction of sp³-hybridized carbons (Fsp3) is 0.538. The molecule has 3 heterocycles. The van der Waals surface area contributed by atoms with Crippen molar-refractivity contribution in [3.8, 4) is 0 Å². The Hall–Kier alpha value is -1.83. The molecule has 0 bridgehead atoms. The van der Waals surface area contributed by atoms with Crippen molar-refractivity contribution in [2.24, 2.45) is 0 Å². The first-order valence-corrected chi connectivity index (χ1v) is 7.96. The summed E-state index contributed by atoms with van der Waals surface area (Å²) < 4.78 is 5.02. The Morgan fingerprint density at radius 1 is 1.43 bits per heavy atom. The Kier molecular flexibility index (Phi) is 3.96. The summed E-state index contributed by atoms with van der Waals surface area (Å²) in [6.07, 6.45) is 0.818. The molecule has 0 saturated heterocycles. The molecule has 0 fully saturated rings. The van der Waals surface area contributed by atoms with Crippen molar-refractivity contribution in [1.82, 2.24) is 25.0 Å². The van der Waals surface area contributed by atoms with E-state index in [4.69, 9.17) is 4.52 Å². The first-order chi connectivity index (χ1) is 10.1. The van der Waals surface area contributed by atoms with Crippen LogP contribution >= 0.6 is 11.8 Å². The third-order valence-electron chi connectivity index (χ3n) is 3.32. The number of aryl methyl sites for hydroxylation is 2. The zero-order chi connectivity index (χ0) is 14.8. The summed E-state index contributed by atoms with van der Waals surface area (Å²) in [7, 11) is 0. The van der Waals surface area contributed by atoms with E-state index in [2.05, 4.69) is 20.1 Å². The molecule has 7 nitrogen and oxygen atoms in total. The van der Waals surface area contributed by atoms with Crippen molar-refractivity contribution >= 4 is 17.7 Å². The molecule has 21 heavy (non-hydrogen) atoms. The van der Waals surface area contributed by atoms with Crippen LogP contribution in [-0.4, -0.2) is 43.2 Å². The zero-order valence-corrected chi connectivity index (χ0v) is 12.9. The van der Waals surface area contributed by atoms with E-state index in [1.165, 1.54) is 11.8 Å². The topological polar surface area (TPSA) is 87.9 Å². The number of H-pyrrole nitrogens is 1. The van der Waals surface area contributed by atoms with Gasteiger partial charge in [-0.1, -0.05) is 5.16 Å². The van der Waals surface area contributed by atoms with Gasteiger partial charge in [0, 0.05) is 13.0 Å². The predicted molar refractivity (Wildman–Crippen MR) is 77.6 cm³/mol. The van der Waals surface area contributed by atoms with Crippen molar-refractivity contribution in [2.45, 2.75) is 32.6 Å². The summed E-state index contributed by atoms with van der Waals surface area (Å²) in [6, 6.07) is 0. The number of amides is 1. The van der Waals surface area contributed by atoms with Crippen LogP contribution in [0.4, 0.5) is 0 Å².